The average Bonchev–Trinajstić information content (AvgIpc) is 2.90. The molecule has 0 radical (unpaired) electrons. The summed E-state index contributed by atoms with van der Waals surface area (Å²) in [6, 6.07) is 6.77. The summed E-state index contributed by atoms with van der Waals surface area (Å²) in [4.78, 5) is 27.5. The zero-order valence-corrected chi connectivity index (χ0v) is 12.3. The van der Waals surface area contributed by atoms with Crippen molar-refractivity contribution in [3.63, 3.8) is 0 Å². The Morgan fingerprint density at radius 2 is 2.00 bits per heavy atom. The Morgan fingerprint density at radius 3 is 2.71 bits per heavy atom. The van der Waals surface area contributed by atoms with E-state index in [2.05, 4.69) is 15.6 Å². The van der Waals surface area contributed by atoms with E-state index in [4.69, 9.17) is 23.2 Å². The highest BCUT2D eigenvalue weighted by Gasteiger charge is 2.28. The second-order valence-corrected chi connectivity index (χ2v) is 5.63. The highest BCUT2D eigenvalue weighted by Crippen LogP contribution is 2.29. The molecule has 0 unspecified atom stereocenters. The van der Waals surface area contributed by atoms with E-state index in [0.29, 0.717) is 27.9 Å². The van der Waals surface area contributed by atoms with Crippen LogP contribution in [0.3, 0.4) is 0 Å². The molecule has 3 rings (SSSR count). The van der Waals surface area contributed by atoms with Crippen molar-refractivity contribution < 1.29 is 9.59 Å². The summed E-state index contributed by atoms with van der Waals surface area (Å²) in [7, 11) is 0. The topological polar surface area (TPSA) is 71.1 Å². The smallest absolute Gasteiger partial charge is 0.230 e. The monoisotopic (exact) mass is 323 g/mol. The fourth-order valence-corrected chi connectivity index (χ4v) is 2.66. The predicted octanol–water partition coefficient (Wildman–Crippen LogP) is 2.62. The molecule has 2 N–H and O–H groups in total. The van der Waals surface area contributed by atoms with Crippen LogP contribution in [0.1, 0.15) is 6.42 Å². The number of anilines is 1. The van der Waals surface area contributed by atoms with Crippen molar-refractivity contribution in [1.29, 1.82) is 0 Å². The van der Waals surface area contributed by atoms with Crippen LogP contribution in [0.2, 0.25) is 10.0 Å². The van der Waals surface area contributed by atoms with E-state index in [1.165, 1.54) is 0 Å². The number of carbonyl (C=O) groups excluding carboxylic acids is 2. The molecule has 108 valence electrons. The van der Waals surface area contributed by atoms with E-state index in [9.17, 15) is 9.59 Å². The number of hydrogen-bond donors (Lipinski definition) is 2. The summed E-state index contributed by atoms with van der Waals surface area (Å²) >= 11 is 12.2. The van der Waals surface area contributed by atoms with Gasteiger partial charge >= 0.3 is 0 Å². The van der Waals surface area contributed by atoms with Crippen molar-refractivity contribution in [3.8, 4) is 0 Å². The van der Waals surface area contributed by atoms with Gasteiger partial charge in [0.1, 0.15) is 5.82 Å². The van der Waals surface area contributed by atoms with Gasteiger partial charge in [-0.3, -0.25) is 9.59 Å². The second kappa shape index (κ2) is 5.50. The molecule has 1 aliphatic rings. The zero-order valence-electron chi connectivity index (χ0n) is 10.8. The van der Waals surface area contributed by atoms with Crippen LogP contribution in [0, 0.1) is 5.92 Å². The fourth-order valence-electron chi connectivity index (χ4n) is 2.24. The van der Waals surface area contributed by atoms with Crippen molar-refractivity contribution >= 4 is 51.7 Å². The fraction of sp³-hybridized carbons (Fsp3) is 0.214. The number of hydrogen-bond acceptors (Lipinski definition) is 3. The standard InChI is InChI=1S/C14H11Cl2N3O2/c15-9-2-3-10(16)13-8(9)1-4-11(18-13)19-14(21)7-5-12(20)17-6-7/h1-4,7H,5-6H2,(H,17,20)(H,18,19,21)/t7-/m1/s1. The van der Waals surface area contributed by atoms with Crippen molar-refractivity contribution in [3.05, 3.63) is 34.3 Å². The lowest BCUT2D eigenvalue weighted by atomic mass is 10.1. The lowest BCUT2D eigenvalue weighted by Crippen LogP contribution is -2.25. The average molecular weight is 324 g/mol. The van der Waals surface area contributed by atoms with Crippen LogP contribution in [0.25, 0.3) is 10.9 Å². The van der Waals surface area contributed by atoms with E-state index < -0.39 is 0 Å². The summed E-state index contributed by atoms with van der Waals surface area (Å²) in [6.45, 7) is 0.352. The maximum atomic E-state index is 12.0. The van der Waals surface area contributed by atoms with Crippen LogP contribution < -0.4 is 10.6 Å². The zero-order chi connectivity index (χ0) is 15.0. The quantitative estimate of drug-likeness (QED) is 0.892. The third-order valence-corrected chi connectivity index (χ3v) is 3.99. The number of benzene rings is 1. The van der Waals surface area contributed by atoms with Crippen LogP contribution in [0.15, 0.2) is 24.3 Å². The first-order valence-electron chi connectivity index (χ1n) is 6.37. The molecular formula is C14H11Cl2N3O2. The van der Waals surface area contributed by atoms with Crippen LogP contribution in [-0.2, 0) is 9.59 Å². The molecular weight excluding hydrogens is 313 g/mol. The van der Waals surface area contributed by atoms with E-state index in [1.54, 1.807) is 24.3 Å². The minimum Gasteiger partial charge on any atom is -0.355 e. The molecule has 1 fully saturated rings. The first kappa shape index (κ1) is 14.1. The third-order valence-electron chi connectivity index (χ3n) is 3.35. The highest BCUT2D eigenvalue weighted by atomic mass is 35.5. The molecule has 2 amide bonds. The number of amides is 2. The van der Waals surface area contributed by atoms with Crippen molar-refractivity contribution in [2.24, 2.45) is 5.92 Å². The Kier molecular flexibility index (Phi) is 3.69. The Balaban J connectivity index is 1.86. The van der Waals surface area contributed by atoms with E-state index >= 15 is 0 Å². The van der Waals surface area contributed by atoms with Gasteiger partial charge in [0.05, 0.1) is 21.5 Å². The first-order valence-corrected chi connectivity index (χ1v) is 7.12. The number of fused-ring (bicyclic) bond motifs is 1. The molecule has 1 atom stereocenters. The predicted molar refractivity (Wildman–Crippen MR) is 81.5 cm³/mol. The Bertz CT molecular complexity index is 748. The van der Waals surface area contributed by atoms with Gasteiger partial charge in [-0.15, -0.1) is 0 Å². The summed E-state index contributed by atoms with van der Waals surface area (Å²) in [5, 5.41) is 7.05. The number of nitrogens with zero attached hydrogens (tertiary/aromatic N) is 1. The van der Waals surface area contributed by atoms with Gasteiger partial charge in [0.15, 0.2) is 0 Å². The van der Waals surface area contributed by atoms with Gasteiger partial charge < -0.3 is 10.6 Å². The number of halogens is 2. The summed E-state index contributed by atoms with van der Waals surface area (Å²) in [5.74, 6) is -0.337. The highest BCUT2D eigenvalue weighted by molar-refractivity contribution is 6.39. The third kappa shape index (κ3) is 2.80. The number of rotatable bonds is 2. The minimum absolute atomic E-state index is 0.114. The second-order valence-electron chi connectivity index (χ2n) is 4.82. The molecule has 0 bridgehead atoms. The van der Waals surface area contributed by atoms with Gasteiger partial charge in [-0.25, -0.2) is 4.98 Å². The van der Waals surface area contributed by atoms with Gasteiger partial charge in [0.25, 0.3) is 0 Å². The van der Waals surface area contributed by atoms with Gasteiger partial charge in [-0.05, 0) is 24.3 Å². The first-order chi connectivity index (χ1) is 10.0. The van der Waals surface area contributed by atoms with Crippen LogP contribution in [0.4, 0.5) is 5.82 Å². The van der Waals surface area contributed by atoms with Crippen LogP contribution in [-0.4, -0.2) is 23.3 Å². The van der Waals surface area contributed by atoms with Gasteiger partial charge in [0.2, 0.25) is 11.8 Å². The lowest BCUT2D eigenvalue weighted by Gasteiger charge is -2.10. The molecule has 0 aliphatic carbocycles. The van der Waals surface area contributed by atoms with E-state index in [1.807, 2.05) is 0 Å². The van der Waals surface area contributed by atoms with Crippen LogP contribution in [0.5, 0.6) is 0 Å². The molecule has 0 spiro atoms. The van der Waals surface area contributed by atoms with E-state index in [0.717, 1.165) is 5.39 Å². The molecule has 1 saturated heterocycles. The van der Waals surface area contributed by atoms with Crippen molar-refractivity contribution in [2.45, 2.75) is 6.42 Å². The Morgan fingerprint density at radius 1 is 1.24 bits per heavy atom. The molecule has 0 saturated carbocycles. The maximum Gasteiger partial charge on any atom is 0.230 e. The summed E-state index contributed by atoms with van der Waals surface area (Å²) in [6.07, 6.45) is 0.200. The molecule has 5 nitrogen and oxygen atoms in total. The van der Waals surface area contributed by atoms with Gasteiger partial charge in [0, 0.05) is 18.4 Å². The summed E-state index contributed by atoms with van der Waals surface area (Å²) < 4.78 is 0. The minimum atomic E-state index is -0.371. The molecule has 21 heavy (non-hydrogen) atoms. The number of nitrogens with one attached hydrogen (secondary N) is 2. The molecule has 1 aromatic heterocycles. The maximum absolute atomic E-state index is 12.0. The van der Waals surface area contributed by atoms with Crippen molar-refractivity contribution in [2.75, 3.05) is 11.9 Å². The largest absolute Gasteiger partial charge is 0.355 e. The van der Waals surface area contributed by atoms with Crippen LogP contribution >= 0.6 is 23.2 Å². The van der Waals surface area contributed by atoms with E-state index in [-0.39, 0.29) is 24.2 Å². The molecule has 1 aromatic carbocycles. The molecule has 2 aromatic rings. The molecule has 1 aliphatic heterocycles. The number of pyridine rings is 1. The van der Waals surface area contributed by atoms with Gasteiger partial charge in [-0.2, -0.15) is 0 Å². The molecule has 7 heteroatoms. The number of carbonyl (C=O) groups is 2. The van der Waals surface area contributed by atoms with Crippen molar-refractivity contribution in [1.82, 2.24) is 10.3 Å². The Labute approximate surface area is 130 Å². The normalized spacial score (nSPS) is 17.8. The van der Waals surface area contributed by atoms with Gasteiger partial charge in [-0.1, -0.05) is 23.2 Å². The SMILES string of the molecule is O=C1C[C@@H](C(=O)Nc2ccc3c(Cl)ccc(Cl)c3n2)CN1. The molecule has 2 heterocycles. The lowest BCUT2D eigenvalue weighted by molar-refractivity contribution is -0.123. The Hall–Kier alpha value is -1.85. The summed E-state index contributed by atoms with van der Waals surface area (Å²) in [5.41, 5.74) is 0.530. The number of aromatic nitrogens is 1.